The summed E-state index contributed by atoms with van der Waals surface area (Å²) in [4.78, 5) is 0. The Balaban J connectivity index is 5.78. The smallest absolute Gasteiger partial charge is 0.211 e. The minimum atomic E-state index is -3.08. The average molecular weight is 110 g/mol. The largest absolute Gasteiger partial charge is 0.390 e. The number of rotatable bonds is 2. The first-order chi connectivity index (χ1) is 6.31. The van der Waals surface area contributed by atoms with Gasteiger partial charge in [-0.3, -0.25) is 0 Å². The summed E-state index contributed by atoms with van der Waals surface area (Å²) >= 11 is 0. The van der Waals surface area contributed by atoms with Gasteiger partial charge in [-0.05, 0) is 19.6 Å². The Hall–Kier alpha value is -0.0400. The molecule has 0 rings (SSSR count). The summed E-state index contributed by atoms with van der Waals surface area (Å²) in [6, 6.07) is 0. The molecular formula is C6H14O. The second-order valence-corrected chi connectivity index (χ2v) is 1.68. The summed E-state index contributed by atoms with van der Waals surface area (Å²) in [5.74, 6) is -1.95. The van der Waals surface area contributed by atoms with Crippen molar-refractivity contribution < 1.29 is 14.7 Å². The van der Waals surface area contributed by atoms with Crippen LogP contribution in [0.5, 0.6) is 0 Å². The van der Waals surface area contributed by atoms with Gasteiger partial charge < -0.3 is 5.11 Å². The van der Waals surface area contributed by atoms with Crippen molar-refractivity contribution in [3.8, 4) is 0 Å². The van der Waals surface area contributed by atoms with Crippen molar-refractivity contribution in [1.82, 2.24) is 0 Å². The lowest BCUT2D eigenvalue weighted by Gasteiger charge is -2.21. The van der Waals surface area contributed by atoms with Crippen LogP contribution in [0.1, 0.15) is 37.1 Å². The Kier molecular flexibility index (Phi) is 0.331. The van der Waals surface area contributed by atoms with Crippen LogP contribution in [0.25, 0.3) is 0 Å². The highest BCUT2D eigenvalue weighted by Gasteiger charge is 2.16. The summed E-state index contributed by atoms with van der Waals surface area (Å²) in [5, 5.41) is 3.97. The van der Waals surface area contributed by atoms with Crippen LogP contribution < -0.4 is 0 Å². The van der Waals surface area contributed by atoms with E-state index in [-0.39, 0.29) is 0 Å². The van der Waals surface area contributed by atoms with Crippen LogP contribution in [0.4, 0.5) is 0 Å². The zero-order valence-electron chi connectivity index (χ0n) is 12.4. The molecule has 0 heterocycles. The third kappa shape index (κ3) is 2.63. The van der Waals surface area contributed by atoms with E-state index >= 15 is 0 Å². The van der Waals surface area contributed by atoms with E-state index in [9.17, 15) is 0 Å². The highest BCUT2D eigenvalue weighted by Crippen LogP contribution is 2.12. The summed E-state index contributed by atoms with van der Waals surface area (Å²) in [5.41, 5.74) is -2.81. The van der Waals surface area contributed by atoms with Gasteiger partial charge in [0.1, 0.15) is 0 Å². The monoisotopic (exact) mass is 110 g/mol. The SMILES string of the molecule is [2H]OC(C([2H])([2H])[2H])(C([2H])([2H])[2H])C([2H])(C)C. The van der Waals surface area contributed by atoms with Crippen molar-refractivity contribution in [2.24, 2.45) is 5.89 Å². The second-order valence-electron chi connectivity index (χ2n) is 1.68. The highest BCUT2D eigenvalue weighted by molar-refractivity contribution is 4.67. The maximum absolute atomic E-state index is 7.58. The maximum Gasteiger partial charge on any atom is 0.211 e. The molecule has 44 valence electrons. The zero-order chi connectivity index (χ0) is 12.7. The molecule has 0 unspecified atom stereocenters. The quantitative estimate of drug-likeness (QED) is 0.570. The summed E-state index contributed by atoms with van der Waals surface area (Å²) in [6.07, 6.45) is 0. The fourth-order valence-corrected chi connectivity index (χ4v) is 0. The molecule has 0 fully saturated rings. The van der Waals surface area contributed by atoms with Gasteiger partial charge in [-0.15, -0.1) is 0 Å². The van der Waals surface area contributed by atoms with Crippen molar-refractivity contribution >= 4 is 0 Å². The van der Waals surface area contributed by atoms with E-state index in [4.69, 9.17) is 11.0 Å². The molecule has 7 heavy (non-hydrogen) atoms. The lowest BCUT2D eigenvalue weighted by atomic mass is 9.95. The molecule has 1 N–H and O–H groups in total. The lowest BCUT2D eigenvalue weighted by molar-refractivity contribution is 0.0327. The van der Waals surface area contributed by atoms with Gasteiger partial charge in [0, 0.05) is 9.60 Å². The molecule has 0 saturated heterocycles. The van der Waals surface area contributed by atoms with Gasteiger partial charge in [0.2, 0.25) is 1.43 Å². The van der Waals surface area contributed by atoms with Gasteiger partial charge in [-0.25, -0.2) is 0 Å². The fourth-order valence-electron chi connectivity index (χ4n) is 0. The molecule has 0 aliphatic heterocycles. The molecule has 0 aromatic heterocycles. The average Bonchev–Trinajstić information content (AvgIpc) is 1.76. The minimum Gasteiger partial charge on any atom is -0.390 e. The van der Waals surface area contributed by atoms with Gasteiger partial charge in [0.25, 0.3) is 0 Å². The highest BCUT2D eigenvalue weighted by atomic mass is 16.3. The molecule has 0 aliphatic rings. The molecule has 0 atom stereocenters. The summed E-state index contributed by atoms with van der Waals surface area (Å²) in [6.45, 7) is -3.96. The van der Waals surface area contributed by atoms with Crippen LogP contribution in [0.3, 0.4) is 0 Å². The molecule has 0 aromatic carbocycles. The van der Waals surface area contributed by atoms with Gasteiger partial charge >= 0.3 is 0 Å². The van der Waals surface area contributed by atoms with Crippen LogP contribution in [0.15, 0.2) is 0 Å². The first-order valence-corrected chi connectivity index (χ1v) is 1.95. The normalized spacial score (nSPS) is 34.6. The molecule has 0 saturated carbocycles. The molecule has 0 aromatic rings. The Bertz CT molecular complexity index is 185. The van der Waals surface area contributed by atoms with Crippen molar-refractivity contribution in [2.75, 3.05) is 0 Å². The van der Waals surface area contributed by atoms with Crippen molar-refractivity contribution in [3.63, 3.8) is 0 Å². The van der Waals surface area contributed by atoms with E-state index < -0.39 is 25.2 Å². The third-order valence-electron chi connectivity index (χ3n) is 0.704. The van der Waals surface area contributed by atoms with E-state index in [1.807, 2.05) is 0 Å². The van der Waals surface area contributed by atoms with Crippen molar-refractivity contribution in [3.05, 3.63) is 0 Å². The molecule has 0 bridgehead atoms. The van der Waals surface area contributed by atoms with Gasteiger partial charge in [0.05, 0.1) is 5.60 Å². The van der Waals surface area contributed by atoms with Crippen LogP contribution in [-0.4, -0.2) is 12.1 Å². The predicted molar refractivity (Wildman–Crippen MR) is 31.1 cm³/mol. The molecule has 0 aliphatic carbocycles. The zero-order valence-corrected chi connectivity index (χ0v) is 4.41. The maximum atomic E-state index is 7.58. The summed E-state index contributed by atoms with van der Waals surface area (Å²) in [7, 11) is 0. The Morgan fingerprint density at radius 3 is 2.43 bits per heavy atom. The van der Waals surface area contributed by atoms with Crippen LogP contribution in [-0.2, 0) is 0 Å². The van der Waals surface area contributed by atoms with Crippen LogP contribution in [0.2, 0.25) is 0 Å². The minimum absolute atomic E-state index is 1.10. The fraction of sp³-hybridized carbons (Fsp3) is 1.00. The van der Waals surface area contributed by atoms with E-state index in [0.29, 0.717) is 0 Å². The molecular weight excluding hydrogens is 88.1 g/mol. The third-order valence-corrected chi connectivity index (χ3v) is 0.704. The first-order valence-electron chi connectivity index (χ1n) is 5.86. The molecule has 0 amide bonds. The molecule has 1 heteroatoms. The summed E-state index contributed by atoms with van der Waals surface area (Å²) < 4.78 is 57.3. The van der Waals surface area contributed by atoms with Gasteiger partial charge in [-0.2, -0.15) is 0 Å². The molecule has 0 spiro atoms. The molecule has 0 radical (unpaired) electrons. The van der Waals surface area contributed by atoms with E-state index in [1.165, 1.54) is 0 Å². The number of hydrogen-bond donors (Lipinski definition) is 1. The predicted octanol–water partition coefficient (Wildman–Crippen LogP) is 1.41. The second kappa shape index (κ2) is 1.83. The van der Waals surface area contributed by atoms with Crippen LogP contribution >= 0.6 is 0 Å². The standard InChI is InChI=1S/C6H14O/c1-5(2)6(3,4)7/h5,7H,1-4H3/i3D3,4D3,5D,7D. The van der Waals surface area contributed by atoms with E-state index in [2.05, 4.69) is 5.11 Å². The number of hydrogen-bond acceptors (Lipinski definition) is 1. The molecule has 1 nitrogen and oxygen atoms in total. The van der Waals surface area contributed by atoms with Crippen molar-refractivity contribution in [2.45, 2.75) is 33.2 Å². The Morgan fingerprint density at radius 1 is 1.86 bits per heavy atom. The first kappa shape index (κ1) is 1.27. The topological polar surface area (TPSA) is 20.2 Å². The lowest BCUT2D eigenvalue weighted by Crippen LogP contribution is -2.25. The van der Waals surface area contributed by atoms with E-state index in [0.717, 1.165) is 13.8 Å². The van der Waals surface area contributed by atoms with Gasteiger partial charge in [-0.1, -0.05) is 13.8 Å². The Labute approximate surface area is 56.7 Å². The Morgan fingerprint density at radius 2 is 2.43 bits per heavy atom. The number of aliphatic hydroxyl groups is 1. The van der Waals surface area contributed by atoms with Crippen LogP contribution in [0, 0.1) is 5.89 Å². The van der Waals surface area contributed by atoms with E-state index in [1.54, 1.807) is 0 Å². The van der Waals surface area contributed by atoms with Gasteiger partial charge in [0.15, 0.2) is 0 Å². The van der Waals surface area contributed by atoms with Crippen molar-refractivity contribution in [1.29, 1.82) is 1.43 Å².